The fourth-order valence-corrected chi connectivity index (χ4v) is 5.30. The van der Waals surface area contributed by atoms with Crippen molar-refractivity contribution in [2.75, 3.05) is 39.8 Å². The van der Waals surface area contributed by atoms with Crippen LogP contribution in [0.5, 0.6) is 5.75 Å². The maximum atomic E-state index is 13.0. The van der Waals surface area contributed by atoms with Gasteiger partial charge in [-0.05, 0) is 17.7 Å². The number of rotatable bonds is 6. The predicted octanol–water partition coefficient (Wildman–Crippen LogP) is 4.02. The number of methoxy groups -OCH3 is 1. The Kier molecular flexibility index (Phi) is 7.01. The van der Waals surface area contributed by atoms with Crippen molar-refractivity contribution in [2.24, 2.45) is 0 Å². The van der Waals surface area contributed by atoms with Gasteiger partial charge < -0.3 is 4.74 Å². The predicted molar refractivity (Wildman–Crippen MR) is 114 cm³/mol. The van der Waals surface area contributed by atoms with Crippen LogP contribution in [0.3, 0.4) is 0 Å². The van der Waals surface area contributed by atoms with E-state index in [-0.39, 0.29) is 14.9 Å². The molecule has 0 atom stereocenters. The molecule has 0 saturated carbocycles. The molecular weight excluding hydrogens is 419 g/mol. The van der Waals surface area contributed by atoms with Crippen LogP contribution < -0.4 is 4.74 Å². The molecule has 0 radical (unpaired) electrons. The molecule has 0 unspecified atom stereocenters. The number of hydrogen-bond donors (Lipinski definition) is 0. The SMILES string of the molecule is COc1ccc(S(=O)(=O)N2CCN(C/C=C/c3ccccc3)CC2)c(Cl)c1Cl. The van der Waals surface area contributed by atoms with Crippen LogP contribution in [0.4, 0.5) is 0 Å². The lowest BCUT2D eigenvalue weighted by Gasteiger charge is -2.33. The molecule has 28 heavy (non-hydrogen) atoms. The molecule has 2 aromatic rings. The van der Waals surface area contributed by atoms with Gasteiger partial charge >= 0.3 is 0 Å². The highest BCUT2D eigenvalue weighted by Crippen LogP contribution is 2.37. The third-order valence-corrected chi connectivity index (χ3v) is 7.57. The lowest BCUT2D eigenvalue weighted by Crippen LogP contribution is -2.48. The first-order chi connectivity index (χ1) is 13.4. The zero-order valence-electron chi connectivity index (χ0n) is 15.5. The van der Waals surface area contributed by atoms with Gasteiger partial charge in [0.2, 0.25) is 10.0 Å². The number of piperazine rings is 1. The van der Waals surface area contributed by atoms with E-state index in [0.717, 1.165) is 12.1 Å². The molecule has 0 aliphatic carbocycles. The Hall–Kier alpha value is -1.57. The molecule has 0 amide bonds. The van der Waals surface area contributed by atoms with Crippen LogP contribution in [-0.4, -0.2) is 57.5 Å². The summed E-state index contributed by atoms with van der Waals surface area (Å²) in [5.41, 5.74) is 1.15. The molecular formula is C20H22Cl2N2O3S. The van der Waals surface area contributed by atoms with Crippen LogP contribution in [-0.2, 0) is 10.0 Å². The van der Waals surface area contributed by atoms with Gasteiger partial charge in [0, 0.05) is 32.7 Å². The van der Waals surface area contributed by atoms with Gasteiger partial charge in [-0.15, -0.1) is 0 Å². The van der Waals surface area contributed by atoms with Crippen molar-refractivity contribution >= 4 is 39.3 Å². The minimum Gasteiger partial charge on any atom is -0.495 e. The van der Waals surface area contributed by atoms with Crippen LogP contribution >= 0.6 is 23.2 Å². The highest BCUT2D eigenvalue weighted by molar-refractivity contribution is 7.89. The summed E-state index contributed by atoms with van der Waals surface area (Å²) in [4.78, 5) is 2.23. The molecule has 8 heteroatoms. The normalized spacial score (nSPS) is 16.5. The minimum absolute atomic E-state index is 0.00533. The molecule has 150 valence electrons. The highest BCUT2D eigenvalue weighted by atomic mass is 35.5. The van der Waals surface area contributed by atoms with Gasteiger partial charge in [0.15, 0.2) is 0 Å². The topological polar surface area (TPSA) is 49.9 Å². The number of sulfonamides is 1. The zero-order valence-corrected chi connectivity index (χ0v) is 17.8. The lowest BCUT2D eigenvalue weighted by molar-refractivity contribution is 0.204. The minimum atomic E-state index is -3.71. The van der Waals surface area contributed by atoms with E-state index in [0.29, 0.717) is 31.9 Å². The van der Waals surface area contributed by atoms with Crippen LogP contribution in [0.1, 0.15) is 5.56 Å². The Balaban J connectivity index is 1.62. The number of benzene rings is 2. The van der Waals surface area contributed by atoms with E-state index in [1.54, 1.807) is 0 Å². The Morgan fingerprint density at radius 1 is 1.00 bits per heavy atom. The second-order valence-electron chi connectivity index (χ2n) is 6.41. The Bertz CT molecular complexity index is 941. The average molecular weight is 441 g/mol. The molecule has 1 fully saturated rings. The summed E-state index contributed by atoms with van der Waals surface area (Å²) in [5, 5.41) is 0.101. The first-order valence-electron chi connectivity index (χ1n) is 8.89. The lowest BCUT2D eigenvalue weighted by atomic mass is 10.2. The Morgan fingerprint density at radius 2 is 1.68 bits per heavy atom. The zero-order chi connectivity index (χ0) is 20.1. The smallest absolute Gasteiger partial charge is 0.244 e. The molecule has 0 bridgehead atoms. The first-order valence-corrected chi connectivity index (χ1v) is 11.1. The molecule has 1 saturated heterocycles. The largest absolute Gasteiger partial charge is 0.495 e. The standard InChI is InChI=1S/C20H22Cl2N2O3S/c1-27-17-9-10-18(20(22)19(17)21)28(25,26)24-14-12-23(13-15-24)11-5-8-16-6-3-2-4-7-16/h2-10H,11-15H2,1H3/b8-5+. The third-order valence-electron chi connectivity index (χ3n) is 4.65. The van der Waals surface area contributed by atoms with Crippen LogP contribution in [0.25, 0.3) is 6.08 Å². The number of nitrogens with zero attached hydrogens (tertiary/aromatic N) is 2. The first kappa shape index (κ1) is 21.1. The summed E-state index contributed by atoms with van der Waals surface area (Å²) in [6.45, 7) is 2.89. The van der Waals surface area contributed by atoms with E-state index in [4.69, 9.17) is 27.9 Å². The van der Waals surface area contributed by atoms with Crippen molar-refractivity contribution in [3.8, 4) is 5.75 Å². The van der Waals surface area contributed by atoms with Crippen molar-refractivity contribution in [3.05, 3.63) is 64.1 Å². The molecule has 2 aromatic carbocycles. The Labute approximate surface area is 176 Å². The molecule has 3 rings (SSSR count). The van der Waals surface area contributed by atoms with E-state index < -0.39 is 10.0 Å². The van der Waals surface area contributed by atoms with E-state index in [1.807, 2.05) is 30.3 Å². The number of ether oxygens (including phenoxy) is 1. The van der Waals surface area contributed by atoms with Crippen molar-refractivity contribution < 1.29 is 13.2 Å². The molecule has 1 aliphatic rings. The van der Waals surface area contributed by atoms with Gasteiger partial charge in [0.25, 0.3) is 0 Å². The van der Waals surface area contributed by atoms with Crippen LogP contribution in [0.2, 0.25) is 10.0 Å². The van der Waals surface area contributed by atoms with Crippen molar-refractivity contribution in [1.82, 2.24) is 9.21 Å². The molecule has 1 heterocycles. The second-order valence-corrected chi connectivity index (χ2v) is 9.07. The highest BCUT2D eigenvalue weighted by Gasteiger charge is 2.31. The fourth-order valence-electron chi connectivity index (χ4n) is 3.06. The number of halogens is 2. The fraction of sp³-hybridized carbons (Fsp3) is 0.300. The van der Waals surface area contributed by atoms with Gasteiger partial charge in [-0.1, -0.05) is 65.7 Å². The maximum Gasteiger partial charge on any atom is 0.244 e. The van der Waals surface area contributed by atoms with Crippen LogP contribution in [0, 0.1) is 0 Å². The molecule has 5 nitrogen and oxygen atoms in total. The average Bonchev–Trinajstić information content (AvgIpc) is 2.71. The van der Waals surface area contributed by atoms with Crippen molar-refractivity contribution in [2.45, 2.75) is 4.90 Å². The molecule has 0 N–H and O–H groups in total. The van der Waals surface area contributed by atoms with Crippen molar-refractivity contribution in [3.63, 3.8) is 0 Å². The van der Waals surface area contributed by atoms with Crippen molar-refractivity contribution in [1.29, 1.82) is 0 Å². The maximum absolute atomic E-state index is 13.0. The van der Waals surface area contributed by atoms with E-state index in [9.17, 15) is 8.42 Å². The summed E-state index contributed by atoms with van der Waals surface area (Å²) in [6.07, 6.45) is 4.17. The summed E-state index contributed by atoms with van der Waals surface area (Å²) in [5.74, 6) is 0.348. The van der Waals surface area contributed by atoms with Gasteiger partial charge in [0.05, 0.1) is 12.1 Å². The number of hydrogen-bond acceptors (Lipinski definition) is 4. The summed E-state index contributed by atoms with van der Waals surface area (Å²) in [7, 11) is -2.25. The molecule has 1 aliphatic heterocycles. The third kappa shape index (κ3) is 4.70. The van der Waals surface area contributed by atoms with Gasteiger partial charge in [0.1, 0.15) is 15.7 Å². The van der Waals surface area contributed by atoms with Gasteiger partial charge in [-0.25, -0.2) is 8.42 Å². The second kappa shape index (κ2) is 9.29. The van der Waals surface area contributed by atoms with E-state index in [1.165, 1.54) is 23.5 Å². The molecule has 0 spiro atoms. The molecule has 0 aromatic heterocycles. The van der Waals surface area contributed by atoms with Crippen LogP contribution in [0.15, 0.2) is 53.4 Å². The summed E-state index contributed by atoms with van der Waals surface area (Å²) >= 11 is 12.3. The Morgan fingerprint density at radius 3 is 2.32 bits per heavy atom. The quantitative estimate of drug-likeness (QED) is 0.680. The van der Waals surface area contributed by atoms with Gasteiger partial charge in [-0.3, -0.25) is 4.90 Å². The summed E-state index contributed by atoms with van der Waals surface area (Å²) in [6, 6.07) is 13.0. The van der Waals surface area contributed by atoms with E-state index >= 15 is 0 Å². The summed E-state index contributed by atoms with van der Waals surface area (Å²) < 4.78 is 32.5. The van der Waals surface area contributed by atoms with Gasteiger partial charge in [-0.2, -0.15) is 4.31 Å². The van der Waals surface area contributed by atoms with E-state index in [2.05, 4.69) is 17.1 Å². The monoisotopic (exact) mass is 440 g/mol.